The lowest BCUT2D eigenvalue weighted by Crippen LogP contribution is -2.30. The molecule has 0 fully saturated rings. The van der Waals surface area contributed by atoms with Gasteiger partial charge < -0.3 is 14.2 Å². The van der Waals surface area contributed by atoms with Crippen molar-refractivity contribution >= 4 is 17.9 Å². The molecule has 0 aliphatic rings. The first kappa shape index (κ1) is 72.1. The zero-order chi connectivity index (χ0) is 55.0. The molecular formula is C70H118O6. The SMILES string of the molecule is CC/C=C\C/C=C\C/C=C\C/C=C\CCCCC(=O)OCC(COC(=O)CCCCCCCCCCCC/C=C\C/C=C\C/C=C\CCCCCCC)OC(=O)CCCCCCCCC/C=C\C/C=C\CCCCCC. The highest BCUT2D eigenvalue weighted by Gasteiger charge is 2.19. The predicted octanol–water partition coefficient (Wildman–Crippen LogP) is 21.8. The Morgan fingerprint density at radius 2 is 0.513 bits per heavy atom. The number of carbonyl (C=O) groups excluding carboxylic acids is 3. The highest BCUT2D eigenvalue weighted by atomic mass is 16.6. The molecule has 1 unspecified atom stereocenters. The second-order valence-corrected chi connectivity index (χ2v) is 20.9. The topological polar surface area (TPSA) is 78.9 Å². The Labute approximate surface area is 470 Å². The van der Waals surface area contributed by atoms with Gasteiger partial charge >= 0.3 is 17.9 Å². The Balaban J connectivity index is 4.40. The van der Waals surface area contributed by atoms with Crippen LogP contribution in [-0.4, -0.2) is 37.2 Å². The summed E-state index contributed by atoms with van der Waals surface area (Å²) in [5.41, 5.74) is 0. The van der Waals surface area contributed by atoms with Gasteiger partial charge in [0.2, 0.25) is 0 Å². The molecule has 0 saturated carbocycles. The van der Waals surface area contributed by atoms with Crippen LogP contribution in [0.15, 0.2) is 109 Å². The van der Waals surface area contributed by atoms with Gasteiger partial charge in [-0.15, -0.1) is 0 Å². The molecule has 0 aromatic rings. The van der Waals surface area contributed by atoms with Gasteiger partial charge in [0.25, 0.3) is 0 Å². The van der Waals surface area contributed by atoms with E-state index in [1.165, 1.54) is 148 Å². The van der Waals surface area contributed by atoms with Crippen LogP contribution in [0.2, 0.25) is 0 Å². The Hall–Kier alpha value is -3.93. The van der Waals surface area contributed by atoms with Gasteiger partial charge in [-0.25, -0.2) is 0 Å². The van der Waals surface area contributed by atoms with E-state index >= 15 is 0 Å². The second-order valence-electron chi connectivity index (χ2n) is 20.9. The van der Waals surface area contributed by atoms with Crippen LogP contribution < -0.4 is 0 Å². The van der Waals surface area contributed by atoms with Crippen molar-refractivity contribution in [1.82, 2.24) is 0 Å². The van der Waals surface area contributed by atoms with Crippen molar-refractivity contribution in [2.75, 3.05) is 13.2 Å². The van der Waals surface area contributed by atoms with Crippen molar-refractivity contribution in [3.8, 4) is 0 Å². The molecule has 0 spiro atoms. The Morgan fingerprint density at radius 3 is 0.842 bits per heavy atom. The lowest BCUT2D eigenvalue weighted by atomic mass is 10.1. The summed E-state index contributed by atoms with van der Waals surface area (Å²) < 4.78 is 16.9. The van der Waals surface area contributed by atoms with E-state index in [1.54, 1.807) is 0 Å². The van der Waals surface area contributed by atoms with Gasteiger partial charge in [-0.1, -0.05) is 259 Å². The van der Waals surface area contributed by atoms with E-state index in [0.29, 0.717) is 19.3 Å². The number of carbonyl (C=O) groups is 3. The van der Waals surface area contributed by atoms with Crippen LogP contribution in [0, 0.1) is 0 Å². The standard InChI is InChI=1S/C70H118O6/c1-4-7-10-13-16-19-22-25-28-30-32-33-34-35-36-37-38-40-42-45-48-51-54-57-60-63-69(72)75-66-67(65-74-68(71)62-59-56-53-50-47-44-41-27-24-21-18-15-12-9-6-3)76-70(73)64-61-58-55-52-49-46-43-39-31-29-26-23-20-17-14-11-8-5-2/h9,12,18,20-23,25,27,29-32,34-35,41,47,50,67H,4-8,10-11,13-17,19,24,26,28,33,36-40,42-46,48-49,51-66H2,1-3H3/b12-9-,21-18-,23-20-,25-22-,31-29-,32-30-,35-34-,41-27-,50-47-. The molecule has 0 aromatic carbocycles. The third kappa shape index (κ3) is 60.9. The Morgan fingerprint density at radius 1 is 0.276 bits per heavy atom. The van der Waals surface area contributed by atoms with Gasteiger partial charge in [0, 0.05) is 19.3 Å². The Bertz CT molecular complexity index is 1540. The third-order valence-corrected chi connectivity index (χ3v) is 13.5. The van der Waals surface area contributed by atoms with Crippen molar-refractivity contribution in [3.63, 3.8) is 0 Å². The highest BCUT2D eigenvalue weighted by Crippen LogP contribution is 2.15. The minimum atomic E-state index is -0.804. The molecule has 0 aliphatic carbocycles. The summed E-state index contributed by atoms with van der Waals surface area (Å²) in [5.74, 6) is -0.946. The number of hydrogen-bond acceptors (Lipinski definition) is 6. The summed E-state index contributed by atoms with van der Waals surface area (Å²) in [5, 5.41) is 0. The van der Waals surface area contributed by atoms with E-state index in [0.717, 1.165) is 109 Å². The molecule has 0 saturated heterocycles. The molecule has 0 N–H and O–H groups in total. The zero-order valence-electron chi connectivity index (χ0n) is 49.7. The lowest BCUT2D eigenvalue weighted by molar-refractivity contribution is -0.167. The maximum atomic E-state index is 12.9. The van der Waals surface area contributed by atoms with Crippen LogP contribution in [0.3, 0.4) is 0 Å². The van der Waals surface area contributed by atoms with E-state index in [4.69, 9.17) is 14.2 Å². The van der Waals surface area contributed by atoms with Crippen LogP contribution in [-0.2, 0) is 28.6 Å². The summed E-state index contributed by atoms with van der Waals surface area (Å²) in [6, 6.07) is 0. The molecule has 1 atom stereocenters. The number of ether oxygens (including phenoxy) is 3. The molecule has 0 radical (unpaired) electrons. The monoisotopic (exact) mass is 1050 g/mol. The average Bonchev–Trinajstić information content (AvgIpc) is 3.42. The van der Waals surface area contributed by atoms with E-state index in [-0.39, 0.29) is 31.1 Å². The van der Waals surface area contributed by atoms with Crippen LogP contribution >= 0.6 is 0 Å². The number of esters is 3. The van der Waals surface area contributed by atoms with Crippen molar-refractivity contribution in [2.24, 2.45) is 0 Å². The molecule has 0 bridgehead atoms. The van der Waals surface area contributed by atoms with Gasteiger partial charge in [-0.3, -0.25) is 14.4 Å². The number of rotatable bonds is 57. The first-order valence-corrected chi connectivity index (χ1v) is 31.9. The molecule has 0 aromatic heterocycles. The maximum absolute atomic E-state index is 12.9. The predicted molar refractivity (Wildman–Crippen MR) is 330 cm³/mol. The smallest absolute Gasteiger partial charge is 0.306 e. The van der Waals surface area contributed by atoms with E-state index < -0.39 is 6.10 Å². The summed E-state index contributed by atoms with van der Waals surface area (Å²) in [7, 11) is 0. The van der Waals surface area contributed by atoms with Crippen LogP contribution in [0.25, 0.3) is 0 Å². The number of unbranched alkanes of at least 4 members (excludes halogenated alkanes) is 28. The quantitative estimate of drug-likeness (QED) is 0.0261. The average molecular weight is 1060 g/mol. The fraction of sp³-hybridized carbons (Fsp3) is 0.700. The van der Waals surface area contributed by atoms with Gasteiger partial charge in [-0.05, 0) is 128 Å². The molecule has 0 aliphatic heterocycles. The van der Waals surface area contributed by atoms with Gasteiger partial charge in [0.15, 0.2) is 6.10 Å². The van der Waals surface area contributed by atoms with E-state index in [1.807, 2.05) is 0 Å². The molecule has 6 nitrogen and oxygen atoms in total. The molecule has 0 amide bonds. The second kappa shape index (κ2) is 63.6. The fourth-order valence-electron chi connectivity index (χ4n) is 8.71. The van der Waals surface area contributed by atoms with E-state index in [2.05, 4.69) is 130 Å². The van der Waals surface area contributed by atoms with E-state index in [9.17, 15) is 14.4 Å². The van der Waals surface area contributed by atoms with Gasteiger partial charge in [0.05, 0.1) is 0 Å². The normalized spacial score (nSPS) is 12.8. The molecule has 0 rings (SSSR count). The maximum Gasteiger partial charge on any atom is 0.306 e. The largest absolute Gasteiger partial charge is 0.462 e. The zero-order valence-corrected chi connectivity index (χ0v) is 49.7. The van der Waals surface area contributed by atoms with Gasteiger partial charge in [0.1, 0.15) is 13.2 Å². The lowest BCUT2D eigenvalue weighted by Gasteiger charge is -2.18. The molecular weight excluding hydrogens is 937 g/mol. The summed E-state index contributed by atoms with van der Waals surface area (Å²) in [6.07, 6.45) is 86.6. The summed E-state index contributed by atoms with van der Waals surface area (Å²) in [6.45, 7) is 6.47. The van der Waals surface area contributed by atoms with Crippen LogP contribution in [0.4, 0.5) is 0 Å². The van der Waals surface area contributed by atoms with Crippen molar-refractivity contribution in [2.45, 2.75) is 303 Å². The summed E-state index contributed by atoms with van der Waals surface area (Å²) >= 11 is 0. The van der Waals surface area contributed by atoms with Crippen LogP contribution in [0.1, 0.15) is 297 Å². The molecule has 76 heavy (non-hydrogen) atoms. The van der Waals surface area contributed by atoms with Crippen molar-refractivity contribution < 1.29 is 28.6 Å². The Kier molecular flexibility index (Phi) is 60.3. The minimum absolute atomic E-state index is 0.0974. The minimum Gasteiger partial charge on any atom is -0.462 e. The summed E-state index contributed by atoms with van der Waals surface area (Å²) in [4.78, 5) is 38.3. The first-order chi connectivity index (χ1) is 37.5. The number of hydrogen-bond donors (Lipinski definition) is 0. The highest BCUT2D eigenvalue weighted by molar-refractivity contribution is 5.71. The van der Waals surface area contributed by atoms with Gasteiger partial charge in [-0.2, -0.15) is 0 Å². The number of allylic oxidation sites excluding steroid dienone is 18. The fourth-order valence-corrected chi connectivity index (χ4v) is 8.71. The molecule has 6 heteroatoms. The molecule has 0 heterocycles. The molecule has 434 valence electrons. The van der Waals surface area contributed by atoms with Crippen molar-refractivity contribution in [3.05, 3.63) is 109 Å². The third-order valence-electron chi connectivity index (χ3n) is 13.5. The van der Waals surface area contributed by atoms with Crippen LogP contribution in [0.5, 0.6) is 0 Å². The first-order valence-electron chi connectivity index (χ1n) is 31.9. The van der Waals surface area contributed by atoms with Crippen molar-refractivity contribution in [1.29, 1.82) is 0 Å².